The van der Waals surface area contributed by atoms with Crippen LogP contribution in [0, 0.1) is 11.8 Å². The molecule has 0 saturated heterocycles. The van der Waals surface area contributed by atoms with E-state index >= 15 is 0 Å². The standard InChI is InChI=1S/2C11H17.C2H7Si.2ClH.Ti/c2*1-4-10-5-6-11(8-10)7-9(2)3;1-3-2;;;/h2*5-6,8-9H,4,7H2,1-3H3;3H,1-2H3;2*1H;/q;;;;;+2/p-2. The monoisotopic (exact) mass is 475 g/mol. The molecule has 0 aromatic heterocycles. The molecule has 0 bridgehead atoms. The van der Waals surface area contributed by atoms with Gasteiger partial charge in [0.05, 0.1) is 0 Å². The second-order valence-electron chi connectivity index (χ2n) is 10.2. The molecule has 2 atom stereocenters. The van der Waals surface area contributed by atoms with Gasteiger partial charge >= 0.3 is 185 Å². The molecule has 28 heavy (non-hydrogen) atoms. The van der Waals surface area contributed by atoms with Crippen molar-refractivity contribution in [2.45, 2.75) is 88.8 Å². The summed E-state index contributed by atoms with van der Waals surface area (Å²) in [7, 11) is 15.9. The van der Waals surface area contributed by atoms with Crippen LogP contribution in [0.2, 0.25) is 21.5 Å². The fourth-order valence-corrected chi connectivity index (χ4v) is 24.6. The van der Waals surface area contributed by atoms with Crippen LogP contribution in [-0.4, -0.2) is 6.66 Å². The molecular weight excluding hydrogens is 435 g/mol. The molecule has 0 nitrogen and oxygen atoms in total. The van der Waals surface area contributed by atoms with E-state index in [1.165, 1.54) is 22.3 Å². The molecule has 0 spiro atoms. The van der Waals surface area contributed by atoms with Crippen molar-refractivity contribution in [2.75, 3.05) is 0 Å². The Morgan fingerprint density at radius 3 is 1.43 bits per heavy atom. The molecule has 0 fully saturated rings. The Kier molecular flexibility index (Phi) is 8.23. The average Bonchev–Trinajstić information content (AvgIpc) is 3.18. The van der Waals surface area contributed by atoms with E-state index in [0.29, 0.717) is 20.3 Å². The minimum atomic E-state index is -3.90. The van der Waals surface area contributed by atoms with Gasteiger partial charge in [-0.05, 0) is 0 Å². The Hall–Kier alpha value is 0.471. The molecule has 0 aliphatic heterocycles. The first-order chi connectivity index (χ1) is 12.9. The molecule has 159 valence electrons. The van der Waals surface area contributed by atoms with Crippen LogP contribution in [0.4, 0.5) is 0 Å². The average molecular weight is 476 g/mol. The molecule has 0 N–H and O–H groups in total. The maximum atomic E-state index is 7.94. The molecule has 2 aliphatic rings. The fraction of sp³-hybridized carbons (Fsp3) is 0.667. The predicted molar refractivity (Wildman–Crippen MR) is 130 cm³/mol. The van der Waals surface area contributed by atoms with Crippen LogP contribution < -0.4 is 0 Å². The van der Waals surface area contributed by atoms with Crippen molar-refractivity contribution in [3.05, 3.63) is 46.6 Å². The Bertz CT molecular complexity index is 656. The van der Waals surface area contributed by atoms with Gasteiger partial charge in [-0.2, -0.15) is 0 Å². The predicted octanol–water partition coefficient (Wildman–Crippen LogP) is 9.19. The van der Waals surface area contributed by atoms with Crippen LogP contribution in [0.25, 0.3) is 0 Å². The first kappa shape index (κ1) is 24.7. The van der Waals surface area contributed by atoms with Gasteiger partial charge in [0.2, 0.25) is 0 Å². The zero-order valence-electron chi connectivity index (χ0n) is 19.3. The van der Waals surface area contributed by atoms with Crippen LogP contribution >= 0.6 is 18.6 Å². The number of rotatable bonds is 9. The topological polar surface area (TPSA) is 0 Å². The summed E-state index contributed by atoms with van der Waals surface area (Å²) in [6.45, 7) is 17.3. The quantitative estimate of drug-likeness (QED) is 0.291. The van der Waals surface area contributed by atoms with Crippen LogP contribution in [0.1, 0.15) is 67.2 Å². The first-order valence-corrected chi connectivity index (χ1v) is 23.0. The molecule has 0 heterocycles. The SMILES string of the molecule is CCC1=CC(CC(C)C)=C[CH]1[Ti]([Cl])([Cl])([CH]1C=C(CC(C)C)C=C1CC)[SiH](C)C. The molecule has 2 rings (SSSR count). The van der Waals surface area contributed by atoms with Crippen molar-refractivity contribution in [1.29, 1.82) is 0 Å². The van der Waals surface area contributed by atoms with Gasteiger partial charge in [-0.15, -0.1) is 0 Å². The van der Waals surface area contributed by atoms with E-state index in [-0.39, 0.29) is 0 Å². The van der Waals surface area contributed by atoms with Gasteiger partial charge < -0.3 is 0 Å². The summed E-state index contributed by atoms with van der Waals surface area (Å²) in [6.07, 6.45) is 14.3. The van der Waals surface area contributed by atoms with Crippen LogP contribution in [0.15, 0.2) is 46.6 Å². The molecule has 0 amide bonds. The summed E-state index contributed by atoms with van der Waals surface area (Å²) in [6, 6.07) is 0. The Morgan fingerprint density at radius 1 is 0.821 bits per heavy atom. The van der Waals surface area contributed by atoms with E-state index in [0.717, 1.165) is 25.7 Å². The molecule has 2 aliphatic carbocycles. The number of hydrogen-bond donors (Lipinski definition) is 0. The summed E-state index contributed by atoms with van der Waals surface area (Å²) < 4.78 is 0.612. The second-order valence-corrected chi connectivity index (χ2v) is 39.6. The Morgan fingerprint density at radius 2 is 1.18 bits per heavy atom. The fourth-order valence-electron chi connectivity index (χ4n) is 5.17. The molecule has 4 heteroatoms. The zero-order valence-corrected chi connectivity index (χ0v) is 23.5. The van der Waals surface area contributed by atoms with E-state index in [4.69, 9.17) is 18.6 Å². The molecule has 2 unspecified atom stereocenters. The molecule has 0 aromatic carbocycles. The maximum absolute atomic E-state index is 7.94. The summed E-state index contributed by atoms with van der Waals surface area (Å²) in [4.78, 5) is 0. The van der Waals surface area contributed by atoms with Gasteiger partial charge in [-0.25, -0.2) is 0 Å². The van der Waals surface area contributed by atoms with Gasteiger partial charge in [-0.3, -0.25) is 0 Å². The van der Waals surface area contributed by atoms with Crippen molar-refractivity contribution in [1.82, 2.24) is 0 Å². The van der Waals surface area contributed by atoms with Crippen LogP contribution in [0.3, 0.4) is 0 Å². The molecular formula is C24H41Cl2SiTi. The molecule has 0 saturated carbocycles. The summed E-state index contributed by atoms with van der Waals surface area (Å²) in [5.41, 5.74) is 5.93. The number of halogens is 2. The third-order valence-electron chi connectivity index (χ3n) is 6.70. The van der Waals surface area contributed by atoms with Gasteiger partial charge in [0.15, 0.2) is 0 Å². The summed E-state index contributed by atoms with van der Waals surface area (Å²) in [5.74, 6) is 1.32. The Labute approximate surface area is 184 Å². The number of hydrogen-bond acceptors (Lipinski definition) is 0. The van der Waals surface area contributed by atoms with E-state index in [1.54, 1.807) is 0 Å². The van der Waals surface area contributed by atoms with Crippen LogP contribution in [0.5, 0.6) is 0 Å². The van der Waals surface area contributed by atoms with Crippen molar-refractivity contribution in [3.63, 3.8) is 0 Å². The summed E-state index contributed by atoms with van der Waals surface area (Å²) in [5, 5.41) is 0. The second kappa shape index (κ2) is 9.31. The van der Waals surface area contributed by atoms with Crippen molar-refractivity contribution in [3.8, 4) is 0 Å². The van der Waals surface area contributed by atoms with Gasteiger partial charge in [0.1, 0.15) is 0 Å². The van der Waals surface area contributed by atoms with E-state index in [9.17, 15) is 0 Å². The Balaban J connectivity index is 2.57. The van der Waals surface area contributed by atoms with Gasteiger partial charge in [0.25, 0.3) is 0 Å². The third-order valence-corrected chi connectivity index (χ3v) is 42.3. The van der Waals surface area contributed by atoms with E-state index in [2.05, 4.69) is 78.9 Å². The van der Waals surface area contributed by atoms with Crippen molar-refractivity contribution < 1.29 is 12.4 Å². The number of allylic oxidation sites excluding steroid dienone is 8. The minimum absolute atomic E-state index is 0.306. The van der Waals surface area contributed by atoms with Gasteiger partial charge in [-0.1, -0.05) is 0 Å². The zero-order chi connectivity index (χ0) is 21.3. The third kappa shape index (κ3) is 4.70. The van der Waals surface area contributed by atoms with E-state index in [1.807, 2.05) is 0 Å². The normalized spacial score (nSPS) is 24.4. The van der Waals surface area contributed by atoms with Crippen molar-refractivity contribution >= 4 is 25.3 Å². The van der Waals surface area contributed by atoms with Crippen molar-refractivity contribution in [2.24, 2.45) is 11.8 Å². The van der Waals surface area contributed by atoms with Gasteiger partial charge in [0, 0.05) is 0 Å². The molecule has 0 aromatic rings. The first-order valence-electron chi connectivity index (χ1n) is 11.3. The van der Waals surface area contributed by atoms with Crippen LogP contribution in [-0.2, 0) is 12.4 Å². The summed E-state index contributed by atoms with van der Waals surface area (Å²) >= 11 is -3.90. The molecule has 0 radical (unpaired) electrons. The van der Waals surface area contributed by atoms with E-state index < -0.39 is 19.1 Å².